The van der Waals surface area contributed by atoms with Gasteiger partial charge in [0.15, 0.2) is 17.5 Å². The predicted octanol–water partition coefficient (Wildman–Crippen LogP) is 10.2. The minimum atomic E-state index is 0.650. The van der Waals surface area contributed by atoms with Crippen LogP contribution in [-0.2, 0) is 0 Å². The molecule has 9 aromatic rings. The maximum absolute atomic E-state index is 6.38. The fourth-order valence-corrected chi connectivity index (χ4v) is 6.23. The van der Waals surface area contributed by atoms with Crippen molar-refractivity contribution < 1.29 is 4.42 Å². The highest BCUT2D eigenvalue weighted by atomic mass is 16.3. The number of nitrogens with zero attached hydrogens (tertiary/aromatic N) is 3. The van der Waals surface area contributed by atoms with Crippen LogP contribution < -0.4 is 0 Å². The average molecular weight is 550 g/mol. The molecule has 0 aliphatic heterocycles. The van der Waals surface area contributed by atoms with Crippen LogP contribution in [0.25, 0.3) is 88.4 Å². The third-order valence-electron chi connectivity index (χ3n) is 8.29. The van der Waals surface area contributed by atoms with E-state index in [4.69, 9.17) is 19.4 Å². The molecule has 0 fully saturated rings. The Kier molecular flexibility index (Phi) is 5.16. The van der Waals surface area contributed by atoms with Crippen LogP contribution in [0, 0.1) is 0 Å². The highest BCUT2D eigenvalue weighted by molar-refractivity contribution is 6.26. The van der Waals surface area contributed by atoms with Crippen molar-refractivity contribution in [1.82, 2.24) is 15.0 Å². The van der Waals surface area contributed by atoms with E-state index in [1.165, 1.54) is 21.5 Å². The molecular formula is C39H23N3O. The van der Waals surface area contributed by atoms with Crippen molar-refractivity contribution in [1.29, 1.82) is 0 Å². The Labute approximate surface area is 246 Å². The zero-order valence-electron chi connectivity index (χ0n) is 23.0. The van der Waals surface area contributed by atoms with Gasteiger partial charge in [0.2, 0.25) is 0 Å². The van der Waals surface area contributed by atoms with E-state index in [2.05, 4.69) is 66.7 Å². The summed E-state index contributed by atoms with van der Waals surface area (Å²) in [4.78, 5) is 14.7. The lowest BCUT2D eigenvalue weighted by atomic mass is 9.94. The van der Waals surface area contributed by atoms with E-state index in [1.54, 1.807) is 0 Å². The maximum atomic E-state index is 6.38. The number of fused-ring (bicyclic) bond motifs is 9. The van der Waals surface area contributed by atoms with Crippen LogP contribution >= 0.6 is 0 Å². The van der Waals surface area contributed by atoms with Crippen molar-refractivity contribution in [2.24, 2.45) is 0 Å². The van der Waals surface area contributed by atoms with Gasteiger partial charge in [0.1, 0.15) is 11.2 Å². The van der Waals surface area contributed by atoms with E-state index in [-0.39, 0.29) is 0 Å². The largest absolute Gasteiger partial charge is 0.455 e. The Morgan fingerprint density at radius 2 is 0.907 bits per heavy atom. The number of hydrogen-bond acceptors (Lipinski definition) is 4. The van der Waals surface area contributed by atoms with E-state index >= 15 is 0 Å². The van der Waals surface area contributed by atoms with Gasteiger partial charge in [-0.05, 0) is 51.2 Å². The molecule has 0 bridgehead atoms. The molecular weight excluding hydrogens is 526 g/mol. The van der Waals surface area contributed by atoms with Gasteiger partial charge in [-0.3, -0.25) is 0 Å². The van der Waals surface area contributed by atoms with Gasteiger partial charge in [0.05, 0.1) is 0 Å². The van der Waals surface area contributed by atoms with Crippen LogP contribution in [0.5, 0.6) is 0 Å². The summed E-state index contributed by atoms with van der Waals surface area (Å²) in [7, 11) is 0. The van der Waals surface area contributed by atoms with Gasteiger partial charge in [0.25, 0.3) is 0 Å². The Bertz CT molecular complexity index is 2440. The van der Waals surface area contributed by atoms with Gasteiger partial charge >= 0.3 is 0 Å². The zero-order valence-corrected chi connectivity index (χ0v) is 23.0. The molecule has 200 valence electrons. The summed E-state index contributed by atoms with van der Waals surface area (Å²) in [5, 5.41) is 9.31. The van der Waals surface area contributed by atoms with E-state index in [0.717, 1.165) is 49.4 Å². The second-order valence-corrected chi connectivity index (χ2v) is 10.8. The maximum Gasteiger partial charge on any atom is 0.164 e. The quantitative estimate of drug-likeness (QED) is 0.206. The summed E-state index contributed by atoms with van der Waals surface area (Å²) in [6, 6.07) is 48.1. The van der Waals surface area contributed by atoms with E-state index < -0.39 is 0 Å². The Balaban J connectivity index is 1.26. The standard InChI is InChI=1S/C39H23N3O/c1-3-9-25(10-4-1)37-40-38(26-11-5-2-6-12-26)42-39(41-37)28-18-19-29-27(23-28)16-15-24-17-20-33-31(35(24)29)21-22-32-30-13-7-8-14-34(30)43-36(32)33/h1-23H. The number of hydrogen-bond donors (Lipinski definition) is 0. The second kappa shape index (κ2) is 9.33. The molecule has 0 atom stereocenters. The first-order valence-electron chi connectivity index (χ1n) is 14.4. The molecule has 0 aliphatic rings. The van der Waals surface area contributed by atoms with E-state index in [1.807, 2.05) is 72.8 Å². The summed E-state index contributed by atoms with van der Waals surface area (Å²) >= 11 is 0. The van der Waals surface area contributed by atoms with E-state index in [9.17, 15) is 0 Å². The molecule has 0 radical (unpaired) electrons. The van der Waals surface area contributed by atoms with Gasteiger partial charge < -0.3 is 4.42 Å². The molecule has 2 aromatic heterocycles. The van der Waals surface area contributed by atoms with Crippen molar-refractivity contribution in [3.05, 3.63) is 140 Å². The number of rotatable bonds is 3. The molecule has 0 amide bonds. The number of benzene rings is 7. The number of furan rings is 1. The minimum absolute atomic E-state index is 0.650. The van der Waals surface area contributed by atoms with Gasteiger partial charge in [0, 0.05) is 32.8 Å². The summed E-state index contributed by atoms with van der Waals surface area (Å²) in [6.07, 6.45) is 0. The van der Waals surface area contributed by atoms with Gasteiger partial charge in [-0.15, -0.1) is 0 Å². The highest BCUT2D eigenvalue weighted by Gasteiger charge is 2.15. The molecule has 4 heteroatoms. The fraction of sp³-hybridized carbons (Fsp3) is 0. The molecule has 43 heavy (non-hydrogen) atoms. The van der Waals surface area contributed by atoms with Crippen molar-refractivity contribution in [3.63, 3.8) is 0 Å². The summed E-state index contributed by atoms with van der Waals surface area (Å²) in [5.41, 5.74) is 4.71. The monoisotopic (exact) mass is 549 g/mol. The molecule has 9 rings (SSSR count). The minimum Gasteiger partial charge on any atom is -0.455 e. The topological polar surface area (TPSA) is 51.8 Å². The average Bonchev–Trinajstić information content (AvgIpc) is 3.47. The number of aromatic nitrogens is 3. The second-order valence-electron chi connectivity index (χ2n) is 10.8. The molecule has 0 saturated carbocycles. The summed E-state index contributed by atoms with van der Waals surface area (Å²) in [5.74, 6) is 1.96. The lowest BCUT2D eigenvalue weighted by molar-refractivity contribution is 0.672. The smallest absolute Gasteiger partial charge is 0.164 e. The van der Waals surface area contributed by atoms with Crippen LogP contribution in [-0.4, -0.2) is 15.0 Å². The normalized spacial score (nSPS) is 11.7. The summed E-state index contributed by atoms with van der Waals surface area (Å²) < 4.78 is 6.38. The third-order valence-corrected chi connectivity index (χ3v) is 8.29. The Morgan fingerprint density at radius 1 is 0.372 bits per heavy atom. The molecule has 0 unspecified atom stereocenters. The van der Waals surface area contributed by atoms with Crippen molar-refractivity contribution >= 4 is 54.3 Å². The van der Waals surface area contributed by atoms with Crippen LogP contribution in [0.4, 0.5) is 0 Å². The van der Waals surface area contributed by atoms with Crippen LogP contribution in [0.3, 0.4) is 0 Å². The first-order chi connectivity index (χ1) is 21.3. The van der Waals surface area contributed by atoms with E-state index in [0.29, 0.717) is 17.5 Å². The molecule has 2 heterocycles. The third kappa shape index (κ3) is 3.81. The van der Waals surface area contributed by atoms with Gasteiger partial charge in [-0.1, -0.05) is 115 Å². The van der Waals surface area contributed by atoms with Crippen LogP contribution in [0.2, 0.25) is 0 Å². The fourth-order valence-electron chi connectivity index (χ4n) is 6.23. The van der Waals surface area contributed by atoms with Crippen molar-refractivity contribution in [3.8, 4) is 34.2 Å². The summed E-state index contributed by atoms with van der Waals surface area (Å²) in [6.45, 7) is 0. The lowest BCUT2D eigenvalue weighted by Crippen LogP contribution is -2.00. The van der Waals surface area contributed by atoms with Crippen LogP contribution in [0.15, 0.2) is 144 Å². The molecule has 4 nitrogen and oxygen atoms in total. The van der Waals surface area contributed by atoms with Crippen molar-refractivity contribution in [2.45, 2.75) is 0 Å². The van der Waals surface area contributed by atoms with Crippen LogP contribution in [0.1, 0.15) is 0 Å². The lowest BCUT2D eigenvalue weighted by Gasteiger charge is -2.11. The predicted molar refractivity (Wildman–Crippen MR) is 176 cm³/mol. The molecule has 0 saturated heterocycles. The molecule has 0 N–H and O–H groups in total. The molecule has 0 spiro atoms. The van der Waals surface area contributed by atoms with Gasteiger partial charge in [-0.25, -0.2) is 15.0 Å². The SMILES string of the molecule is c1ccc(-c2nc(-c3ccccc3)nc(-c3ccc4c(ccc5ccc6c(ccc7c8ccccc8oc76)c54)c3)n2)cc1. The Morgan fingerprint density at radius 3 is 1.65 bits per heavy atom. The van der Waals surface area contributed by atoms with Gasteiger partial charge in [-0.2, -0.15) is 0 Å². The zero-order chi connectivity index (χ0) is 28.3. The van der Waals surface area contributed by atoms with Crippen molar-refractivity contribution in [2.75, 3.05) is 0 Å². The molecule has 7 aromatic carbocycles. The number of para-hydroxylation sites is 1. The molecule has 0 aliphatic carbocycles. The first-order valence-corrected chi connectivity index (χ1v) is 14.4. The Hall–Kier alpha value is -5.87. The highest BCUT2D eigenvalue weighted by Crippen LogP contribution is 2.39. The first kappa shape index (κ1) is 23.8.